The van der Waals surface area contributed by atoms with Crippen molar-refractivity contribution in [2.75, 3.05) is 13.1 Å². The Morgan fingerprint density at radius 1 is 1.15 bits per heavy atom. The summed E-state index contributed by atoms with van der Waals surface area (Å²) in [5.74, 6) is 0.470. The zero-order valence-electron chi connectivity index (χ0n) is 18.6. The van der Waals surface area contributed by atoms with Gasteiger partial charge in [0, 0.05) is 36.2 Å². The minimum atomic E-state index is -0.919. The lowest BCUT2D eigenvalue weighted by atomic mass is 10.1. The molecule has 0 saturated heterocycles. The number of amidine groups is 1. The number of aliphatic carboxylic acids is 1. The van der Waals surface area contributed by atoms with Gasteiger partial charge in [0.25, 0.3) is 5.91 Å². The van der Waals surface area contributed by atoms with Gasteiger partial charge in [-0.2, -0.15) is 0 Å². The number of nitrogen functional groups attached to an aromatic ring is 1. The Morgan fingerprint density at radius 3 is 2.42 bits per heavy atom. The number of nitrogens with one attached hydrogen (secondary N) is 1. The van der Waals surface area contributed by atoms with Crippen molar-refractivity contribution in [1.82, 2.24) is 14.5 Å². The van der Waals surface area contributed by atoms with E-state index in [0.29, 0.717) is 23.4 Å². The molecule has 0 bridgehead atoms. The van der Waals surface area contributed by atoms with Crippen molar-refractivity contribution in [3.8, 4) is 0 Å². The lowest BCUT2D eigenvalue weighted by molar-refractivity contribution is -0.137. The Bertz CT molecular complexity index is 1150. The maximum atomic E-state index is 12.9. The third-order valence-corrected chi connectivity index (χ3v) is 6.14. The summed E-state index contributed by atoms with van der Waals surface area (Å²) >= 11 is 1.63. The lowest BCUT2D eigenvalue weighted by Gasteiger charge is -2.21. The second-order valence-electron chi connectivity index (χ2n) is 7.45. The molecule has 1 heterocycles. The third-order valence-electron chi connectivity index (χ3n) is 5.13. The van der Waals surface area contributed by atoms with Gasteiger partial charge >= 0.3 is 5.97 Å². The predicted octanol–water partition coefficient (Wildman–Crippen LogP) is 3.90. The summed E-state index contributed by atoms with van der Waals surface area (Å²) in [5.41, 5.74) is 8.36. The molecule has 0 fully saturated rings. The summed E-state index contributed by atoms with van der Waals surface area (Å²) in [5, 5.41) is 16.4. The highest BCUT2D eigenvalue weighted by Crippen LogP contribution is 2.25. The number of imidazole rings is 1. The minimum absolute atomic E-state index is 0. The molecule has 8 nitrogen and oxygen atoms in total. The number of carboxylic acid groups (broad SMARTS) is 1. The van der Waals surface area contributed by atoms with E-state index >= 15 is 0 Å². The zero-order valence-corrected chi connectivity index (χ0v) is 20.2. The lowest BCUT2D eigenvalue weighted by Crippen LogP contribution is -2.33. The topological polar surface area (TPSA) is 125 Å². The SMILES string of the molecule is CCCN(CCC(=O)O)C(=O)c1ccc2c(c1)nc(CSc1ccc(C(=N)N)cc1)n2C.Cl. The van der Waals surface area contributed by atoms with Crippen LogP contribution >= 0.6 is 24.2 Å². The van der Waals surface area contributed by atoms with Crippen LogP contribution in [0.3, 0.4) is 0 Å². The van der Waals surface area contributed by atoms with Crippen LogP contribution in [0.5, 0.6) is 0 Å². The van der Waals surface area contributed by atoms with Crippen molar-refractivity contribution in [3.05, 3.63) is 59.4 Å². The Hall–Kier alpha value is -3.04. The Labute approximate surface area is 203 Å². The number of hydrogen-bond donors (Lipinski definition) is 3. The number of halogens is 1. The van der Waals surface area contributed by atoms with Gasteiger partial charge in [0.05, 0.1) is 23.2 Å². The molecule has 0 aliphatic rings. The number of carbonyl (C=O) groups is 2. The molecule has 0 aliphatic carbocycles. The number of aryl methyl sites for hydroxylation is 1. The van der Waals surface area contributed by atoms with Gasteiger partial charge in [-0.05, 0) is 36.8 Å². The second kappa shape index (κ2) is 11.7. The first-order valence-corrected chi connectivity index (χ1v) is 11.3. The van der Waals surface area contributed by atoms with Gasteiger partial charge in [0.2, 0.25) is 0 Å². The van der Waals surface area contributed by atoms with Crippen LogP contribution in [0.4, 0.5) is 0 Å². The van der Waals surface area contributed by atoms with E-state index in [4.69, 9.17) is 21.2 Å². The van der Waals surface area contributed by atoms with Crippen molar-refractivity contribution >= 4 is 52.9 Å². The molecule has 33 heavy (non-hydrogen) atoms. The summed E-state index contributed by atoms with van der Waals surface area (Å²) in [7, 11) is 1.95. The summed E-state index contributed by atoms with van der Waals surface area (Å²) < 4.78 is 2.01. The Kier molecular flexibility index (Phi) is 9.31. The molecule has 4 N–H and O–H groups in total. The summed E-state index contributed by atoms with van der Waals surface area (Å²) in [6.07, 6.45) is 0.679. The monoisotopic (exact) mass is 489 g/mol. The maximum Gasteiger partial charge on any atom is 0.305 e. The van der Waals surface area contributed by atoms with Crippen molar-refractivity contribution in [1.29, 1.82) is 5.41 Å². The number of fused-ring (bicyclic) bond motifs is 1. The van der Waals surface area contributed by atoms with Crippen LogP contribution in [0.1, 0.15) is 41.5 Å². The van der Waals surface area contributed by atoms with Gasteiger partial charge in [0.1, 0.15) is 11.7 Å². The molecular formula is C23H28ClN5O3S. The molecule has 1 amide bonds. The van der Waals surface area contributed by atoms with Gasteiger partial charge < -0.3 is 20.3 Å². The second-order valence-corrected chi connectivity index (χ2v) is 8.50. The van der Waals surface area contributed by atoms with Crippen molar-refractivity contribution in [2.24, 2.45) is 12.8 Å². The molecular weight excluding hydrogens is 462 g/mol. The summed E-state index contributed by atoms with van der Waals surface area (Å²) in [6.45, 7) is 2.66. The fourth-order valence-electron chi connectivity index (χ4n) is 3.39. The summed E-state index contributed by atoms with van der Waals surface area (Å²) in [6, 6.07) is 12.9. The first kappa shape index (κ1) is 26.2. The highest BCUT2D eigenvalue weighted by atomic mass is 35.5. The number of nitrogens with zero attached hydrogens (tertiary/aromatic N) is 3. The number of carbonyl (C=O) groups excluding carboxylic acids is 1. The Morgan fingerprint density at radius 2 is 1.82 bits per heavy atom. The molecule has 0 saturated carbocycles. The Balaban J connectivity index is 0.00000385. The van der Waals surface area contributed by atoms with E-state index in [9.17, 15) is 9.59 Å². The molecule has 176 valence electrons. The number of hydrogen-bond acceptors (Lipinski definition) is 5. The van der Waals surface area contributed by atoms with E-state index in [1.54, 1.807) is 28.8 Å². The van der Waals surface area contributed by atoms with Crippen LogP contribution in [0, 0.1) is 5.41 Å². The fraction of sp³-hybridized carbons (Fsp3) is 0.304. The van der Waals surface area contributed by atoms with E-state index in [1.165, 1.54) is 0 Å². The molecule has 1 aromatic heterocycles. The number of aromatic nitrogens is 2. The number of rotatable bonds is 10. The number of carboxylic acids is 1. The van der Waals surface area contributed by atoms with Crippen LogP contribution in [-0.4, -0.2) is 50.4 Å². The smallest absolute Gasteiger partial charge is 0.305 e. The number of thioether (sulfide) groups is 1. The van der Waals surface area contributed by atoms with Gasteiger partial charge in [-0.15, -0.1) is 24.2 Å². The molecule has 3 aromatic rings. The quantitative estimate of drug-likeness (QED) is 0.225. The van der Waals surface area contributed by atoms with E-state index in [-0.39, 0.29) is 37.1 Å². The first-order valence-electron chi connectivity index (χ1n) is 10.3. The van der Waals surface area contributed by atoms with Crippen molar-refractivity contribution in [2.45, 2.75) is 30.4 Å². The van der Waals surface area contributed by atoms with Crippen LogP contribution in [0.25, 0.3) is 11.0 Å². The van der Waals surface area contributed by atoms with Gasteiger partial charge in [0.15, 0.2) is 0 Å². The standard InChI is InChI=1S/C23H27N5O3S.ClH/c1-3-11-28(12-10-21(29)30)23(31)16-6-9-19-18(13-16)26-20(27(19)2)14-32-17-7-4-15(5-8-17)22(24)25;/h4-9,13H,3,10-12,14H2,1-2H3,(H3,24,25)(H,29,30);1H. The molecule has 0 atom stereocenters. The largest absolute Gasteiger partial charge is 0.481 e. The number of nitrogens with two attached hydrogens (primary N) is 1. The van der Waals surface area contributed by atoms with Crippen LogP contribution in [0.2, 0.25) is 0 Å². The maximum absolute atomic E-state index is 12.9. The van der Waals surface area contributed by atoms with Crippen LogP contribution < -0.4 is 5.73 Å². The molecule has 0 aliphatic heterocycles. The molecule has 3 rings (SSSR count). The highest BCUT2D eigenvalue weighted by Gasteiger charge is 2.18. The van der Waals surface area contributed by atoms with Crippen LogP contribution in [0.15, 0.2) is 47.4 Å². The van der Waals surface area contributed by atoms with Gasteiger partial charge in [-0.3, -0.25) is 15.0 Å². The highest BCUT2D eigenvalue weighted by molar-refractivity contribution is 7.98. The van der Waals surface area contributed by atoms with Crippen LogP contribution in [-0.2, 0) is 17.6 Å². The number of benzene rings is 2. The van der Waals surface area contributed by atoms with Gasteiger partial charge in [-0.25, -0.2) is 4.98 Å². The zero-order chi connectivity index (χ0) is 23.3. The fourth-order valence-corrected chi connectivity index (χ4v) is 4.27. The number of amides is 1. The van der Waals surface area contributed by atoms with Gasteiger partial charge in [-0.1, -0.05) is 19.1 Å². The molecule has 0 radical (unpaired) electrons. The normalized spacial score (nSPS) is 10.6. The average molecular weight is 490 g/mol. The van der Waals surface area contributed by atoms with Crippen molar-refractivity contribution in [3.63, 3.8) is 0 Å². The van der Waals surface area contributed by atoms with E-state index in [0.717, 1.165) is 28.2 Å². The predicted molar refractivity (Wildman–Crippen MR) is 133 cm³/mol. The molecule has 10 heteroatoms. The molecule has 0 unspecified atom stereocenters. The third kappa shape index (κ3) is 6.49. The van der Waals surface area contributed by atoms with E-state index in [2.05, 4.69) is 0 Å². The first-order chi connectivity index (χ1) is 15.3. The van der Waals surface area contributed by atoms with Crippen molar-refractivity contribution < 1.29 is 14.7 Å². The van der Waals surface area contributed by atoms with E-state index < -0.39 is 5.97 Å². The minimum Gasteiger partial charge on any atom is -0.481 e. The molecule has 2 aromatic carbocycles. The molecule has 0 spiro atoms. The summed E-state index contributed by atoms with van der Waals surface area (Å²) in [4.78, 5) is 31.2. The van der Waals surface area contributed by atoms with E-state index in [1.807, 2.05) is 48.9 Å². The average Bonchev–Trinajstić information content (AvgIpc) is 3.09.